The molecule has 0 aromatic heterocycles. The standard InChI is InChI=1S/C22H41N9O7/c1-11(2)10-12(23)18(34)29-13(5-7-16(24)32)19(35)30-14(6-8-17(25)33)20(36)31-15(21(37)38)4-3-9-28-22(26)27/h11-15H,3-10,23H2,1-2H3,(H2,24,32)(H2,25,33)(H,29,34)(H,30,35)(H,31,36)(H,37,38)(H4,26,27,28). The summed E-state index contributed by atoms with van der Waals surface area (Å²) >= 11 is 0. The molecule has 4 atom stereocenters. The number of carboxylic acid groups (broad SMARTS) is 1. The Morgan fingerprint density at radius 1 is 0.737 bits per heavy atom. The number of aliphatic carboxylic acids is 1. The van der Waals surface area contributed by atoms with Gasteiger partial charge in [0.05, 0.1) is 6.04 Å². The minimum absolute atomic E-state index is 0.0284. The Morgan fingerprint density at radius 3 is 1.58 bits per heavy atom. The van der Waals surface area contributed by atoms with Gasteiger partial charge < -0.3 is 49.7 Å². The third kappa shape index (κ3) is 15.2. The van der Waals surface area contributed by atoms with Crippen LogP contribution in [0.15, 0.2) is 4.99 Å². The van der Waals surface area contributed by atoms with Gasteiger partial charge in [-0.15, -0.1) is 0 Å². The van der Waals surface area contributed by atoms with E-state index in [1.165, 1.54) is 0 Å². The van der Waals surface area contributed by atoms with Crippen LogP contribution in [0, 0.1) is 5.92 Å². The van der Waals surface area contributed by atoms with E-state index in [9.17, 15) is 33.9 Å². The van der Waals surface area contributed by atoms with E-state index >= 15 is 0 Å². The minimum atomic E-state index is -1.38. The van der Waals surface area contributed by atoms with E-state index in [1.54, 1.807) is 0 Å². The molecule has 0 heterocycles. The quantitative estimate of drug-likeness (QED) is 0.0439. The van der Waals surface area contributed by atoms with E-state index in [-0.39, 0.29) is 56.9 Å². The molecule has 4 unspecified atom stereocenters. The number of nitrogens with one attached hydrogen (secondary N) is 3. The van der Waals surface area contributed by atoms with Crippen molar-refractivity contribution in [2.45, 2.75) is 83.0 Å². The lowest BCUT2D eigenvalue weighted by Crippen LogP contribution is -2.57. The highest BCUT2D eigenvalue weighted by atomic mass is 16.4. The topological polar surface area (TPSA) is 301 Å². The van der Waals surface area contributed by atoms with Crippen molar-refractivity contribution >= 4 is 41.5 Å². The van der Waals surface area contributed by atoms with Gasteiger partial charge in [0.15, 0.2) is 5.96 Å². The highest BCUT2D eigenvalue weighted by Crippen LogP contribution is 2.07. The van der Waals surface area contributed by atoms with Crippen LogP contribution >= 0.6 is 0 Å². The third-order valence-electron chi connectivity index (χ3n) is 5.25. The zero-order valence-electron chi connectivity index (χ0n) is 21.8. The van der Waals surface area contributed by atoms with Gasteiger partial charge >= 0.3 is 5.97 Å². The maximum atomic E-state index is 13.0. The van der Waals surface area contributed by atoms with Gasteiger partial charge in [-0.2, -0.15) is 0 Å². The number of carboxylic acids is 1. The van der Waals surface area contributed by atoms with E-state index in [0.717, 1.165) is 0 Å². The first-order valence-corrected chi connectivity index (χ1v) is 12.1. The second-order valence-electron chi connectivity index (χ2n) is 9.22. The van der Waals surface area contributed by atoms with Crippen molar-refractivity contribution in [3.63, 3.8) is 0 Å². The van der Waals surface area contributed by atoms with E-state index in [2.05, 4.69) is 20.9 Å². The molecule has 16 heteroatoms. The average Bonchev–Trinajstić information content (AvgIpc) is 2.79. The highest BCUT2D eigenvalue weighted by Gasteiger charge is 2.30. The summed E-state index contributed by atoms with van der Waals surface area (Å²) in [6.45, 7) is 3.85. The van der Waals surface area contributed by atoms with Crippen molar-refractivity contribution in [3.05, 3.63) is 0 Å². The minimum Gasteiger partial charge on any atom is -0.480 e. The molecule has 0 aliphatic carbocycles. The zero-order chi connectivity index (χ0) is 29.4. The maximum absolute atomic E-state index is 13.0. The number of aliphatic imine (C=N–C) groups is 1. The van der Waals surface area contributed by atoms with Gasteiger partial charge in [-0.1, -0.05) is 13.8 Å². The summed E-state index contributed by atoms with van der Waals surface area (Å²) in [5.74, 6) is -5.30. The molecule has 38 heavy (non-hydrogen) atoms. The highest BCUT2D eigenvalue weighted by molar-refractivity contribution is 5.94. The van der Waals surface area contributed by atoms with Crippen LogP contribution in [0.5, 0.6) is 0 Å². The second-order valence-corrected chi connectivity index (χ2v) is 9.22. The molecule has 216 valence electrons. The van der Waals surface area contributed by atoms with Gasteiger partial charge in [-0.05, 0) is 38.0 Å². The van der Waals surface area contributed by atoms with Crippen molar-refractivity contribution in [3.8, 4) is 0 Å². The molecule has 0 saturated carbocycles. The van der Waals surface area contributed by atoms with Gasteiger partial charge in [0.1, 0.15) is 18.1 Å². The van der Waals surface area contributed by atoms with Crippen molar-refractivity contribution in [1.29, 1.82) is 0 Å². The fraction of sp³-hybridized carbons (Fsp3) is 0.682. The number of nitrogens with zero attached hydrogens (tertiary/aromatic N) is 1. The predicted molar refractivity (Wildman–Crippen MR) is 138 cm³/mol. The molecule has 0 bridgehead atoms. The van der Waals surface area contributed by atoms with Crippen LogP contribution in [0.1, 0.15) is 58.8 Å². The summed E-state index contributed by atoms with van der Waals surface area (Å²) < 4.78 is 0. The number of hydrogen-bond donors (Lipinski definition) is 9. The Labute approximate surface area is 220 Å². The summed E-state index contributed by atoms with van der Waals surface area (Å²) in [6, 6.07) is -4.94. The van der Waals surface area contributed by atoms with Crippen LogP contribution in [0.25, 0.3) is 0 Å². The number of carbonyl (C=O) groups is 6. The van der Waals surface area contributed by atoms with Crippen molar-refractivity contribution in [2.75, 3.05) is 6.54 Å². The molecule has 0 spiro atoms. The summed E-state index contributed by atoms with van der Waals surface area (Å²) in [5, 5.41) is 16.6. The van der Waals surface area contributed by atoms with Crippen LogP contribution in [-0.4, -0.2) is 77.3 Å². The number of hydrogen-bond acceptors (Lipinski definition) is 8. The number of nitrogens with two attached hydrogens (primary N) is 5. The summed E-state index contributed by atoms with van der Waals surface area (Å²) in [4.78, 5) is 76.4. The molecular weight excluding hydrogens is 502 g/mol. The number of carbonyl (C=O) groups excluding carboxylic acids is 5. The molecule has 0 aliphatic rings. The van der Waals surface area contributed by atoms with Crippen LogP contribution in [-0.2, 0) is 28.8 Å². The first kappa shape index (κ1) is 34.0. The van der Waals surface area contributed by atoms with Crippen LogP contribution < -0.4 is 44.6 Å². The Bertz CT molecular complexity index is 875. The largest absolute Gasteiger partial charge is 0.480 e. The number of rotatable bonds is 19. The SMILES string of the molecule is CC(C)CC(N)C(=O)NC(CCC(N)=O)C(=O)NC(CCC(N)=O)C(=O)NC(CCCN=C(N)N)C(=O)O. The van der Waals surface area contributed by atoms with Crippen LogP contribution in [0.2, 0.25) is 0 Å². The van der Waals surface area contributed by atoms with E-state index in [1.807, 2.05) is 13.8 Å². The fourth-order valence-electron chi connectivity index (χ4n) is 3.31. The normalized spacial score (nSPS) is 13.9. The molecular formula is C22H41N9O7. The first-order valence-electron chi connectivity index (χ1n) is 12.1. The van der Waals surface area contributed by atoms with Crippen molar-refractivity contribution in [1.82, 2.24) is 16.0 Å². The third-order valence-corrected chi connectivity index (χ3v) is 5.25. The van der Waals surface area contributed by atoms with E-state index in [4.69, 9.17) is 28.7 Å². The van der Waals surface area contributed by atoms with Gasteiger partial charge in [0.25, 0.3) is 0 Å². The lowest BCUT2D eigenvalue weighted by atomic mass is 10.0. The Balaban J connectivity index is 5.61. The second kappa shape index (κ2) is 17.5. The summed E-state index contributed by atoms with van der Waals surface area (Å²) in [7, 11) is 0. The molecule has 0 fully saturated rings. The van der Waals surface area contributed by atoms with Gasteiger partial charge in [-0.25, -0.2) is 4.79 Å². The monoisotopic (exact) mass is 543 g/mol. The lowest BCUT2D eigenvalue weighted by molar-refractivity contribution is -0.142. The molecule has 14 N–H and O–H groups in total. The number of guanidine groups is 1. The molecule has 16 nitrogen and oxygen atoms in total. The molecule has 0 aromatic carbocycles. The van der Waals surface area contributed by atoms with E-state index < -0.39 is 59.7 Å². The smallest absolute Gasteiger partial charge is 0.326 e. The molecule has 5 amide bonds. The molecule has 0 aliphatic heterocycles. The molecule has 0 radical (unpaired) electrons. The van der Waals surface area contributed by atoms with Gasteiger partial charge in [-0.3, -0.25) is 29.0 Å². The summed E-state index contributed by atoms with van der Waals surface area (Å²) in [6.07, 6.45) is -0.473. The fourth-order valence-corrected chi connectivity index (χ4v) is 3.31. The van der Waals surface area contributed by atoms with Crippen LogP contribution in [0.4, 0.5) is 0 Å². The Kier molecular flexibility index (Phi) is 15.7. The van der Waals surface area contributed by atoms with Crippen molar-refractivity contribution in [2.24, 2.45) is 39.6 Å². The van der Waals surface area contributed by atoms with E-state index in [0.29, 0.717) is 6.42 Å². The number of primary amides is 2. The zero-order valence-corrected chi connectivity index (χ0v) is 21.8. The number of amides is 5. The van der Waals surface area contributed by atoms with Gasteiger partial charge in [0, 0.05) is 19.4 Å². The molecule has 0 rings (SSSR count). The first-order chi connectivity index (χ1) is 17.6. The van der Waals surface area contributed by atoms with Crippen molar-refractivity contribution < 1.29 is 33.9 Å². The van der Waals surface area contributed by atoms with Crippen LogP contribution in [0.3, 0.4) is 0 Å². The average molecular weight is 544 g/mol. The predicted octanol–water partition coefficient (Wildman–Crippen LogP) is -3.52. The van der Waals surface area contributed by atoms with Gasteiger partial charge in [0.2, 0.25) is 29.5 Å². The summed E-state index contributed by atoms with van der Waals surface area (Å²) in [5.41, 5.74) is 26.7. The lowest BCUT2D eigenvalue weighted by Gasteiger charge is -2.25. The molecule has 0 aromatic rings. The Morgan fingerprint density at radius 2 is 1.18 bits per heavy atom. The Hall–Kier alpha value is -3.95. The molecule has 0 saturated heterocycles. The maximum Gasteiger partial charge on any atom is 0.326 e.